The van der Waals surface area contributed by atoms with Crippen LogP contribution >= 0.6 is 0 Å². The Hall–Kier alpha value is -0.610. The molecule has 16 heavy (non-hydrogen) atoms. The lowest BCUT2D eigenvalue weighted by Crippen LogP contribution is -2.52. The third kappa shape index (κ3) is 3.76. The number of nitrogens with one attached hydrogen (secondary N) is 2. The average molecular weight is 228 g/mol. The molecule has 1 aliphatic heterocycles. The fourth-order valence-electron chi connectivity index (χ4n) is 1.51. The zero-order chi connectivity index (χ0) is 12.2. The van der Waals surface area contributed by atoms with Crippen LogP contribution in [0.4, 0.5) is 0 Å². The van der Waals surface area contributed by atoms with Crippen LogP contribution in [0.2, 0.25) is 0 Å². The van der Waals surface area contributed by atoms with Crippen molar-refractivity contribution in [3.8, 4) is 0 Å². The summed E-state index contributed by atoms with van der Waals surface area (Å²) in [4.78, 5) is 11.7. The quantitative estimate of drug-likeness (QED) is 0.710. The van der Waals surface area contributed by atoms with Crippen LogP contribution in [0.5, 0.6) is 0 Å². The van der Waals surface area contributed by atoms with Gasteiger partial charge in [-0.15, -0.1) is 0 Å². The van der Waals surface area contributed by atoms with Crippen molar-refractivity contribution in [3.05, 3.63) is 0 Å². The summed E-state index contributed by atoms with van der Waals surface area (Å²) in [6.45, 7) is 10.6. The molecule has 1 heterocycles. The molecule has 0 aliphatic carbocycles. The third-order valence-electron chi connectivity index (χ3n) is 3.13. The zero-order valence-electron chi connectivity index (χ0n) is 10.8. The van der Waals surface area contributed by atoms with E-state index in [0.717, 1.165) is 26.2 Å². The van der Waals surface area contributed by atoms with E-state index in [2.05, 4.69) is 24.5 Å². The van der Waals surface area contributed by atoms with E-state index in [0.29, 0.717) is 0 Å². The van der Waals surface area contributed by atoms with Gasteiger partial charge in [-0.1, -0.05) is 13.8 Å². The summed E-state index contributed by atoms with van der Waals surface area (Å²) >= 11 is 0. The zero-order valence-corrected chi connectivity index (χ0v) is 10.8. The molecular formula is C12H24N2O2. The van der Waals surface area contributed by atoms with Crippen molar-refractivity contribution in [2.24, 2.45) is 5.41 Å². The lowest BCUT2D eigenvalue weighted by molar-refractivity contribution is -0.125. The average Bonchev–Trinajstić information content (AvgIpc) is 2.22. The molecule has 0 saturated carbocycles. The van der Waals surface area contributed by atoms with Crippen molar-refractivity contribution in [3.63, 3.8) is 0 Å². The van der Waals surface area contributed by atoms with Gasteiger partial charge in [-0.25, -0.2) is 0 Å². The molecule has 0 spiro atoms. The Morgan fingerprint density at radius 2 is 2.06 bits per heavy atom. The third-order valence-corrected chi connectivity index (χ3v) is 3.13. The van der Waals surface area contributed by atoms with E-state index in [1.54, 1.807) is 0 Å². The molecule has 1 saturated heterocycles. The van der Waals surface area contributed by atoms with E-state index in [1.165, 1.54) is 0 Å². The van der Waals surface area contributed by atoms with Gasteiger partial charge in [0.2, 0.25) is 5.91 Å². The number of hydrogen-bond acceptors (Lipinski definition) is 3. The van der Waals surface area contributed by atoms with E-state index < -0.39 is 0 Å². The van der Waals surface area contributed by atoms with Crippen molar-refractivity contribution in [2.45, 2.75) is 46.2 Å². The molecule has 4 nitrogen and oxygen atoms in total. The Kier molecular flexibility index (Phi) is 4.74. The highest BCUT2D eigenvalue weighted by molar-refractivity contribution is 5.81. The minimum atomic E-state index is -0.133. The maximum absolute atomic E-state index is 11.7. The SMILES string of the molecule is CCC(C)NC(=O)C(C)NCC1(C)COC1. The molecule has 0 aromatic rings. The van der Waals surface area contributed by atoms with E-state index in [-0.39, 0.29) is 23.4 Å². The van der Waals surface area contributed by atoms with Gasteiger partial charge in [0, 0.05) is 18.0 Å². The Morgan fingerprint density at radius 3 is 2.50 bits per heavy atom. The summed E-state index contributed by atoms with van der Waals surface area (Å²) in [5.41, 5.74) is 0.213. The van der Waals surface area contributed by atoms with Crippen LogP contribution in [0.3, 0.4) is 0 Å². The van der Waals surface area contributed by atoms with Crippen molar-refractivity contribution >= 4 is 5.91 Å². The van der Waals surface area contributed by atoms with Crippen LogP contribution in [-0.4, -0.2) is 37.7 Å². The van der Waals surface area contributed by atoms with Crippen LogP contribution < -0.4 is 10.6 Å². The van der Waals surface area contributed by atoms with Gasteiger partial charge in [-0.2, -0.15) is 0 Å². The highest BCUT2D eigenvalue weighted by Crippen LogP contribution is 2.25. The van der Waals surface area contributed by atoms with Crippen LogP contribution in [0, 0.1) is 5.41 Å². The second-order valence-electron chi connectivity index (χ2n) is 5.22. The van der Waals surface area contributed by atoms with Gasteiger partial charge in [-0.3, -0.25) is 4.79 Å². The number of ether oxygens (including phenoxy) is 1. The molecule has 94 valence electrons. The van der Waals surface area contributed by atoms with Gasteiger partial charge in [0.05, 0.1) is 19.3 Å². The number of carbonyl (C=O) groups excluding carboxylic acids is 1. The molecule has 0 bridgehead atoms. The predicted molar refractivity (Wildman–Crippen MR) is 64.3 cm³/mol. The van der Waals surface area contributed by atoms with Crippen LogP contribution in [0.15, 0.2) is 0 Å². The van der Waals surface area contributed by atoms with E-state index in [1.807, 2.05) is 13.8 Å². The minimum Gasteiger partial charge on any atom is -0.380 e. The fraction of sp³-hybridized carbons (Fsp3) is 0.917. The smallest absolute Gasteiger partial charge is 0.237 e. The Balaban J connectivity index is 2.23. The molecule has 4 heteroatoms. The Morgan fingerprint density at radius 1 is 1.44 bits per heavy atom. The second kappa shape index (κ2) is 5.64. The fourth-order valence-corrected chi connectivity index (χ4v) is 1.51. The molecular weight excluding hydrogens is 204 g/mol. The Labute approximate surface area is 98.1 Å². The molecule has 2 atom stereocenters. The van der Waals surface area contributed by atoms with Crippen LogP contribution in [-0.2, 0) is 9.53 Å². The van der Waals surface area contributed by atoms with E-state index in [4.69, 9.17) is 4.74 Å². The summed E-state index contributed by atoms with van der Waals surface area (Å²) in [6.07, 6.45) is 0.962. The van der Waals surface area contributed by atoms with Crippen molar-refractivity contribution in [1.82, 2.24) is 10.6 Å². The van der Waals surface area contributed by atoms with E-state index in [9.17, 15) is 4.79 Å². The maximum Gasteiger partial charge on any atom is 0.237 e. The lowest BCUT2D eigenvalue weighted by Gasteiger charge is -2.38. The molecule has 0 aromatic carbocycles. The highest BCUT2D eigenvalue weighted by Gasteiger charge is 2.33. The first kappa shape index (κ1) is 13.5. The first-order chi connectivity index (χ1) is 7.47. The summed E-state index contributed by atoms with van der Waals surface area (Å²) < 4.78 is 5.17. The molecule has 1 aliphatic rings. The van der Waals surface area contributed by atoms with Crippen LogP contribution in [0.1, 0.15) is 34.1 Å². The van der Waals surface area contributed by atoms with Gasteiger partial charge >= 0.3 is 0 Å². The number of rotatable bonds is 6. The first-order valence-corrected chi connectivity index (χ1v) is 6.08. The maximum atomic E-state index is 11.7. The van der Waals surface area contributed by atoms with Crippen molar-refractivity contribution < 1.29 is 9.53 Å². The summed E-state index contributed by atoms with van der Waals surface area (Å²) in [5, 5.41) is 6.23. The molecule has 0 aromatic heterocycles. The standard InChI is InChI=1S/C12H24N2O2/c1-5-9(2)14-11(15)10(3)13-6-12(4)7-16-8-12/h9-10,13H,5-8H2,1-4H3,(H,14,15). The largest absolute Gasteiger partial charge is 0.380 e. The molecule has 2 N–H and O–H groups in total. The minimum absolute atomic E-state index is 0.0817. The van der Waals surface area contributed by atoms with Crippen molar-refractivity contribution in [1.29, 1.82) is 0 Å². The highest BCUT2D eigenvalue weighted by atomic mass is 16.5. The van der Waals surface area contributed by atoms with Gasteiger partial charge in [0.1, 0.15) is 0 Å². The Bertz CT molecular complexity index is 239. The van der Waals surface area contributed by atoms with Gasteiger partial charge in [0.15, 0.2) is 0 Å². The van der Waals surface area contributed by atoms with Crippen LogP contribution in [0.25, 0.3) is 0 Å². The predicted octanol–water partition coefficient (Wildman–Crippen LogP) is 0.916. The van der Waals surface area contributed by atoms with Gasteiger partial charge < -0.3 is 15.4 Å². The lowest BCUT2D eigenvalue weighted by atomic mass is 9.88. The summed E-state index contributed by atoms with van der Waals surface area (Å²) in [6, 6.07) is 0.116. The number of amides is 1. The molecule has 1 amide bonds. The van der Waals surface area contributed by atoms with Gasteiger partial charge in [-0.05, 0) is 20.3 Å². The molecule has 1 rings (SSSR count). The summed E-state index contributed by atoms with van der Waals surface area (Å²) in [7, 11) is 0. The van der Waals surface area contributed by atoms with E-state index >= 15 is 0 Å². The number of hydrogen-bond donors (Lipinski definition) is 2. The molecule has 1 fully saturated rings. The van der Waals surface area contributed by atoms with Crippen molar-refractivity contribution in [2.75, 3.05) is 19.8 Å². The first-order valence-electron chi connectivity index (χ1n) is 6.08. The molecule has 0 radical (unpaired) electrons. The monoisotopic (exact) mass is 228 g/mol. The number of carbonyl (C=O) groups is 1. The van der Waals surface area contributed by atoms with Gasteiger partial charge in [0.25, 0.3) is 0 Å². The second-order valence-corrected chi connectivity index (χ2v) is 5.22. The summed E-state index contributed by atoms with van der Waals surface area (Å²) in [5.74, 6) is 0.0817. The normalized spacial score (nSPS) is 22.0. The topological polar surface area (TPSA) is 50.4 Å². The molecule has 2 unspecified atom stereocenters.